The Labute approximate surface area is 86.0 Å². The Morgan fingerprint density at radius 1 is 1.00 bits per heavy atom. The summed E-state index contributed by atoms with van der Waals surface area (Å²) < 4.78 is 16.3. The van der Waals surface area contributed by atoms with E-state index in [0.717, 1.165) is 17.2 Å². The molecule has 0 N–H and O–H groups in total. The van der Waals surface area contributed by atoms with Gasteiger partial charge in [-0.1, -0.05) is 5.98 Å². The maximum atomic E-state index is 5.46. The smallest absolute Gasteiger partial charge is 0.240 e. The first kappa shape index (κ1) is 11.0. The highest BCUT2D eigenvalue weighted by atomic mass is 16.5. The van der Waals surface area contributed by atoms with Crippen molar-refractivity contribution in [2.45, 2.75) is 20.8 Å². The van der Waals surface area contributed by atoms with Crippen LogP contribution in [0.3, 0.4) is 0 Å². The van der Waals surface area contributed by atoms with Crippen LogP contribution in [0.2, 0.25) is 0 Å². The van der Waals surface area contributed by atoms with E-state index in [-0.39, 0.29) is 0 Å². The van der Waals surface area contributed by atoms with Gasteiger partial charge in [-0.3, -0.25) is 0 Å². The molecule has 1 radical (unpaired) electrons. The molecule has 0 bridgehead atoms. The number of hydrogen-bond donors (Lipinski definition) is 0. The molecule has 0 aromatic rings. The van der Waals surface area contributed by atoms with Gasteiger partial charge in [0, 0.05) is 0 Å². The molecular weight excluding hydrogens is 179 g/mol. The summed E-state index contributed by atoms with van der Waals surface area (Å²) in [5.74, 6) is 3.36. The van der Waals surface area contributed by atoms with Crippen molar-refractivity contribution in [3.05, 3.63) is 23.2 Å². The molecule has 77 valence electrons. The van der Waals surface area contributed by atoms with Crippen LogP contribution in [-0.2, 0) is 14.2 Å². The minimum atomic E-state index is 0.615. The molecule has 4 heteroatoms. The van der Waals surface area contributed by atoms with E-state index < -0.39 is 0 Å². The lowest BCUT2D eigenvalue weighted by molar-refractivity contribution is 0.146. The Morgan fingerprint density at radius 3 is 2.21 bits per heavy atom. The topological polar surface area (TPSA) is 27.7 Å². The van der Waals surface area contributed by atoms with Crippen LogP contribution in [-0.4, -0.2) is 27.1 Å². The van der Waals surface area contributed by atoms with Crippen LogP contribution < -0.4 is 0 Å². The van der Waals surface area contributed by atoms with Crippen LogP contribution in [0.1, 0.15) is 20.8 Å². The standard InChI is InChI=1S/C10H16BO3/c1-4-12-8-7-11-10(14-6-3)9(8)13-5-2/h7H,4-6H2,1-3H3. The molecule has 1 rings (SSSR count). The zero-order valence-electron chi connectivity index (χ0n) is 9.00. The summed E-state index contributed by atoms with van der Waals surface area (Å²) in [7, 11) is 1.87. The Hall–Kier alpha value is -1.06. The molecule has 0 fully saturated rings. The van der Waals surface area contributed by atoms with E-state index in [1.54, 1.807) is 0 Å². The Kier molecular flexibility index (Phi) is 4.43. The predicted molar refractivity (Wildman–Crippen MR) is 55.7 cm³/mol. The summed E-state index contributed by atoms with van der Waals surface area (Å²) in [6.45, 7) is 7.72. The lowest BCUT2D eigenvalue weighted by Gasteiger charge is -2.13. The third kappa shape index (κ3) is 2.47. The lowest BCUT2D eigenvalue weighted by atomic mass is 9.79. The lowest BCUT2D eigenvalue weighted by Crippen LogP contribution is -2.03. The van der Waals surface area contributed by atoms with Crippen molar-refractivity contribution in [3.8, 4) is 0 Å². The Balaban J connectivity index is 2.69. The van der Waals surface area contributed by atoms with E-state index in [1.165, 1.54) is 0 Å². The van der Waals surface area contributed by atoms with Crippen molar-refractivity contribution in [1.82, 2.24) is 0 Å². The van der Waals surface area contributed by atoms with E-state index >= 15 is 0 Å². The molecule has 0 aliphatic carbocycles. The van der Waals surface area contributed by atoms with Crippen molar-refractivity contribution in [2.75, 3.05) is 19.8 Å². The van der Waals surface area contributed by atoms with Gasteiger partial charge < -0.3 is 14.2 Å². The van der Waals surface area contributed by atoms with Gasteiger partial charge >= 0.3 is 0 Å². The average Bonchev–Trinajstić information content (AvgIpc) is 2.52. The van der Waals surface area contributed by atoms with Gasteiger partial charge in [0.2, 0.25) is 7.28 Å². The second-order valence-corrected chi connectivity index (χ2v) is 2.69. The van der Waals surface area contributed by atoms with Crippen LogP contribution in [0.4, 0.5) is 0 Å². The largest absolute Gasteiger partial charge is 0.505 e. The predicted octanol–water partition coefficient (Wildman–Crippen LogP) is 1.82. The number of hydrogen-bond acceptors (Lipinski definition) is 3. The Bertz CT molecular complexity index is 246. The zero-order valence-corrected chi connectivity index (χ0v) is 9.00. The van der Waals surface area contributed by atoms with E-state index in [4.69, 9.17) is 14.2 Å². The molecule has 1 heterocycles. The van der Waals surface area contributed by atoms with Crippen molar-refractivity contribution in [2.24, 2.45) is 0 Å². The zero-order chi connectivity index (χ0) is 10.4. The van der Waals surface area contributed by atoms with E-state index in [1.807, 2.05) is 34.0 Å². The van der Waals surface area contributed by atoms with Gasteiger partial charge in [0.25, 0.3) is 0 Å². The summed E-state index contributed by atoms with van der Waals surface area (Å²) in [5, 5.41) is 0. The first-order valence-corrected chi connectivity index (χ1v) is 5.01. The molecule has 0 amide bonds. The maximum Gasteiger partial charge on any atom is 0.240 e. The molecule has 0 spiro atoms. The molecule has 3 nitrogen and oxygen atoms in total. The average molecular weight is 195 g/mol. The normalized spacial score (nSPS) is 14.9. The van der Waals surface area contributed by atoms with Crippen molar-refractivity contribution < 1.29 is 14.2 Å². The minimum Gasteiger partial charge on any atom is -0.505 e. The molecular formula is C10H16BO3. The molecule has 0 saturated heterocycles. The molecule has 0 aromatic heterocycles. The van der Waals surface area contributed by atoms with E-state index in [9.17, 15) is 0 Å². The SMILES string of the molecule is CCOC1=C[B]C(OCC)=C1OCC. The third-order valence-electron chi connectivity index (χ3n) is 1.72. The first-order chi connectivity index (χ1) is 6.83. The second kappa shape index (κ2) is 5.63. The van der Waals surface area contributed by atoms with Crippen LogP contribution in [0.15, 0.2) is 23.2 Å². The molecule has 1 aliphatic rings. The van der Waals surface area contributed by atoms with Crippen molar-refractivity contribution >= 4 is 7.28 Å². The summed E-state index contributed by atoms with van der Waals surface area (Å²) in [4.78, 5) is 0. The number of rotatable bonds is 6. The first-order valence-electron chi connectivity index (χ1n) is 5.01. The van der Waals surface area contributed by atoms with Crippen LogP contribution in [0.5, 0.6) is 0 Å². The van der Waals surface area contributed by atoms with Crippen LogP contribution >= 0.6 is 0 Å². The minimum absolute atomic E-state index is 0.615. The quantitative estimate of drug-likeness (QED) is 0.605. The van der Waals surface area contributed by atoms with Gasteiger partial charge in [0.05, 0.1) is 25.5 Å². The van der Waals surface area contributed by atoms with Crippen LogP contribution in [0, 0.1) is 0 Å². The molecule has 1 aliphatic heterocycles. The molecule has 14 heavy (non-hydrogen) atoms. The summed E-state index contributed by atoms with van der Waals surface area (Å²) >= 11 is 0. The maximum absolute atomic E-state index is 5.46. The summed E-state index contributed by atoms with van der Waals surface area (Å²) in [5.41, 5.74) is 0.762. The molecule has 0 atom stereocenters. The van der Waals surface area contributed by atoms with Gasteiger partial charge in [-0.25, -0.2) is 0 Å². The van der Waals surface area contributed by atoms with Gasteiger partial charge in [0.15, 0.2) is 11.5 Å². The number of ether oxygens (including phenoxy) is 3. The summed E-state index contributed by atoms with van der Waals surface area (Å²) in [6, 6.07) is 0. The van der Waals surface area contributed by atoms with Crippen molar-refractivity contribution in [1.29, 1.82) is 0 Å². The van der Waals surface area contributed by atoms with Gasteiger partial charge in [-0.15, -0.1) is 0 Å². The molecule has 0 unspecified atom stereocenters. The highest BCUT2D eigenvalue weighted by molar-refractivity contribution is 6.52. The molecule has 0 aromatic carbocycles. The molecule has 0 saturated carbocycles. The fourth-order valence-corrected chi connectivity index (χ4v) is 1.25. The van der Waals surface area contributed by atoms with Gasteiger partial charge in [-0.05, 0) is 20.8 Å². The monoisotopic (exact) mass is 195 g/mol. The van der Waals surface area contributed by atoms with E-state index in [2.05, 4.69) is 0 Å². The third-order valence-corrected chi connectivity index (χ3v) is 1.72. The Morgan fingerprint density at radius 2 is 1.64 bits per heavy atom. The fraction of sp³-hybridized carbons (Fsp3) is 0.600. The van der Waals surface area contributed by atoms with Gasteiger partial charge in [-0.2, -0.15) is 0 Å². The van der Waals surface area contributed by atoms with Gasteiger partial charge in [0.1, 0.15) is 0 Å². The highest BCUT2D eigenvalue weighted by Crippen LogP contribution is 2.23. The van der Waals surface area contributed by atoms with E-state index in [0.29, 0.717) is 19.8 Å². The highest BCUT2D eigenvalue weighted by Gasteiger charge is 2.22. The fourth-order valence-electron chi connectivity index (χ4n) is 1.25. The van der Waals surface area contributed by atoms with Crippen LogP contribution in [0.25, 0.3) is 0 Å². The second-order valence-electron chi connectivity index (χ2n) is 2.69. The van der Waals surface area contributed by atoms with Crippen molar-refractivity contribution in [3.63, 3.8) is 0 Å². The summed E-state index contributed by atoms with van der Waals surface area (Å²) in [6.07, 6.45) is 0.